The zero-order valence-corrected chi connectivity index (χ0v) is 13.4. The van der Waals surface area contributed by atoms with E-state index in [1.54, 1.807) is 23.3 Å². The van der Waals surface area contributed by atoms with Crippen LogP contribution in [0.15, 0.2) is 47.5 Å². The first-order valence-corrected chi connectivity index (χ1v) is 7.53. The second-order valence-electron chi connectivity index (χ2n) is 5.47. The van der Waals surface area contributed by atoms with Crippen LogP contribution in [-0.2, 0) is 6.54 Å². The van der Waals surface area contributed by atoms with E-state index in [0.29, 0.717) is 18.1 Å². The number of carbonyl (C=O) groups is 1. The molecule has 1 atom stereocenters. The number of hydrogen-bond acceptors (Lipinski definition) is 5. The van der Waals surface area contributed by atoms with Gasteiger partial charge in [0.15, 0.2) is 0 Å². The molecule has 0 saturated carbocycles. The summed E-state index contributed by atoms with van der Waals surface area (Å²) >= 11 is 0. The molecule has 0 aliphatic rings. The molecule has 2 heterocycles. The number of amides is 2. The molecule has 1 aromatic carbocycles. The molecule has 0 bridgehead atoms. The lowest BCUT2D eigenvalue weighted by Crippen LogP contribution is -2.38. The molecule has 0 fully saturated rings. The lowest BCUT2D eigenvalue weighted by molar-refractivity contribution is 0.247. The number of urea groups is 1. The van der Waals surface area contributed by atoms with E-state index >= 15 is 0 Å². The van der Waals surface area contributed by atoms with Gasteiger partial charge in [-0.05, 0) is 32.0 Å². The lowest BCUT2D eigenvalue weighted by Gasteiger charge is -2.14. The van der Waals surface area contributed by atoms with Crippen molar-refractivity contribution >= 4 is 11.7 Å². The van der Waals surface area contributed by atoms with Crippen LogP contribution >= 0.6 is 0 Å². The van der Waals surface area contributed by atoms with E-state index in [0.717, 1.165) is 11.3 Å². The van der Waals surface area contributed by atoms with Gasteiger partial charge in [0.25, 0.3) is 0 Å². The Labute approximate surface area is 138 Å². The maximum Gasteiger partial charge on any atom is 0.319 e. The molecule has 2 N–H and O–H groups in total. The fraction of sp³-hybridized carbons (Fsp3) is 0.250. The number of aromatic nitrogens is 4. The maximum atomic E-state index is 12.1. The number of nitrogens with zero attached hydrogens (tertiary/aromatic N) is 4. The SMILES string of the molecule is Cc1cnc(-c2cccc(NC(=O)N[C@H](C)Cn3cncn3)c2)o1. The highest BCUT2D eigenvalue weighted by molar-refractivity contribution is 5.90. The largest absolute Gasteiger partial charge is 0.441 e. The third kappa shape index (κ3) is 3.97. The molecule has 0 aliphatic carbocycles. The Hall–Kier alpha value is -3.16. The van der Waals surface area contributed by atoms with Crippen molar-refractivity contribution in [2.24, 2.45) is 0 Å². The zero-order chi connectivity index (χ0) is 16.9. The summed E-state index contributed by atoms with van der Waals surface area (Å²) in [5.74, 6) is 1.26. The third-order valence-electron chi connectivity index (χ3n) is 3.29. The average molecular weight is 326 g/mol. The minimum Gasteiger partial charge on any atom is -0.441 e. The molecular weight excluding hydrogens is 308 g/mol. The van der Waals surface area contributed by atoms with Crippen molar-refractivity contribution in [2.75, 3.05) is 5.32 Å². The summed E-state index contributed by atoms with van der Waals surface area (Å²) in [4.78, 5) is 20.2. The highest BCUT2D eigenvalue weighted by Gasteiger charge is 2.10. The van der Waals surface area contributed by atoms with Gasteiger partial charge in [-0.15, -0.1) is 0 Å². The first-order chi connectivity index (χ1) is 11.6. The Morgan fingerprint density at radius 2 is 2.29 bits per heavy atom. The molecule has 0 saturated heterocycles. The minimum absolute atomic E-state index is 0.0933. The van der Waals surface area contributed by atoms with Crippen LogP contribution in [-0.4, -0.2) is 31.8 Å². The molecule has 124 valence electrons. The van der Waals surface area contributed by atoms with Crippen LogP contribution in [0.3, 0.4) is 0 Å². The van der Waals surface area contributed by atoms with Gasteiger partial charge in [0, 0.05) is 17.3 Å². The molecule has 8 heteroatoms. The van der Waals surface area contributed by atoms with Gasteiger partial charge in [-0.3, -0.25) is 4.68 Å². The summed E-state index contributed by atoms with van der Waals surface area (Å²) in [6, 6.07) is 6.95. The molecule has 0 aliphatic heterocycles. The predicted octanol–water partition coefficient (Wildman–Crippen LogP) is 2.45. The summed E-state index contributed by atoms with van der Waals surface area (Å²) < 4.78 is 7.16. The van der Waals surface area contributed by atoms with E-state index in [1.807, 2.05) is 32.0 Å². The normalized spacial score (nSPS) is 11.9. The van der Waals surface area contributed by atoms with Crippen LogP contribution in [0.1, 0.15) is 12.7 Å². The van der Waals surface area contributed by atoms with Gasteiger partial charge in [-0.25, -0.2) is 14.8 Å². The number of hydrogen-bond donors (Lipinski definition) is 2. The third-order valence-corrected chi connectivity index (χ3v) is 3.29. The van der Waals surface area contributed by atoms with Gasteiger partial charge in [-0.1, -0.05) is 6.07 Å². The Morgan fingerprint density at radius 1 is 1.42 bits per heavy atom. The fourth-order valence-corrected chi connectivity index (χ4v) is 2.26. The van der Waals surface area contributed by atoms with Crippen molar-refractivity contribution in [2.45, 2.75) is 26.4 Å². The second-order valence-corrected chi connectivity index (χ2v) is 5.47. The van der Waals surface area contributed by atoms with E-state index in [9.17, 15) is 4.79 Å². The number of anilines is 1. The van der Waals surface area contributed by atoms with E-state index in [1.165, 1.54) is 6.33 Å². The topological polar surface area (TPSA) is 97.9 Å². The van der Waals surface area contributed by atoms with E-state index in [4.69, 9.17) is 4.42 Å². The quantitative estimate of drug-likeness (QED) is 0.750. The van der Waals surface area contributed by atoms with Crippen LogP contribution in [0.4, 0.5) is 10.5 Å². The summed E-state index contributed by atoms with van der Waals surface area (Å²) in [6.07, 6.45) is 4.73. The fourth-order valence-electron chi connectivity index (χ4n) is 2.26. The number of carbonyl (C=O) groups excluding carboxylic acids is 1. The van der Waals surface area contributed by atoms with Crippen LogP contribution in [0.5, 0.6) is 0 Å². The van der Waals surface area contributed by atoms with Gasteiger partial charge in [0.05, 0.1) is 12.7 Å². The number of nitrogens with one attached hydrogen (secondary N) is 2. The molecule has 0 unspecified atom stereocenters. The molecule has 0 radical (unpaired) electrons. The van der Waals surface area contributed by atoms with Gasteiger partial charge in [-0.2, -0.15) is 5.10 Å². The van der Waals surface area contributed by atoms with Crippen molar-refractivity contribution in [3.05, 3.63) is 48.9 Å². The first kappa shape index (κ1) is 15.7. The van der Waals surface area contributed by atoms with Crippen molar-refractivity contribution in [1.29, 1.82) is 0 Å². The molecule has 3 aromatic rings. The number of rotatable bonds is 5. The monoisotopic (exact) mass is 326 g/mol. The zero-order valence-electron chi connectivity index (χ0n) is 13.4. The highest BCUT2D eigenvalue weighted by atomic mass is 16.4. The second kappa shape index (κ2) is 6.95. The van der Waals surface area contributed by atoms with Crippen molar-refractivity contribution in [1.82, 2.24) is 25.1 Å². The standard InChI is InChI=1S/C16H18N6O2/c1-11(8-22-10-17-9-19-22)20-16(23)21-14-5-3-4-13(6-14)15-18-7-12(2)24-15/h3-7,9-11H,8H2,1-2H3,(H2,20,21,23)/t11-/m1/s1. The summed E-state index contributed by atoms with van der Waals surface area (Å²) in [5, 5.41) is 9.67. The lowest BCUT2D eigenvalue weighted by atomic mass is 10.2. The van der Waals surface area contributed by atoms with Crippen LogP contribution in [0, 0.1) is 6.92 Å². The number of oxazole rings is 1. The Balaban J connectivity index is 1.60. The predicted molar refractivity (Wildman–Crippen MR) is 88.3 cm³/mol. The molecule has 3 rings (SSSR count). The van der Waals surface area contributed by atoms with Crippen LogP contribution in [0.2, 0.25) is 0 Å². The van der Waals surface area contributed by atoms with Crippen LogP contribution in [0.25, 0.3) is 11.5 Å². The summed E-state index contributed by atoms with van der Waals surface area (Å²) in [6.45, 7) is 4.28. The maximum absolute atomic E-state index is 12.1. The molecule has 24 heavy (non-hydrogen) atoms. The summed E-state index contributed by atoms with van der Waals surface area (Å²) in [7, 11) is 0. The van der Waals surface area contributed by atoms with Gasteiger partial charge >= 0.3 is 6.03 Å². The molecule has 2 aromatic heterocycles. The van der Waals surface area contributed by atoms with E-state index in [-0.39, 0.29) is 12.1 Å². The first-order valence-electron chi connectivity index (χ1n) is 7.53. The number of benzene rings is 1. The van der Waals surface area contributed by atoms with Crippen LogP contribution < -0.4 is 10.6 Å². The Bertz CT molecular complexity index is 812. The Morgan fingerprint density at radius 3 is 3.00 bits per heavy atom. The minimum atomic E-state index is -0.289. The molecule has 0 spiro atoms. The number of aryl methyl sites for hydroxylation is 1. The smallest absolute Gasteiger partial charge is 0.319 e. The van der Waals surface area contributed by atoms with E-state index < -0.39 is 0 Å². The molecule has 2 amide bonds. The Kier molecular flexibility index (Phi) is 4.55. The molecular formula is C16H18N6O2. The highest BCUT2D eigenvalue weighted by Crippen LogP contribution is 2.22. The average Bonchev–Trinajstić information content (AvgIpc) is 3.19. The van der Waals surface area contributed by atoms with Gasteiger partial charge < -0.3 is 15.1 Å². The molecule has 8 nitrogen and oxygen atoms in total. The van der Waals surface area contributed by atoms with Gasteiger partial charge in [0.2, 0.25) is 5.89 Å². The summed E-state index contributed by atoms with van der Waals surface area (Å²) in [5.41, 5.74) is 1.46. The van der Waals surface area contributed by atoms with Gasteiger partial charge in [0.1, 0.15) is 18.4 Å². The van der Waals surface area contributed by atoms with Crippen molar-refractivity contribution in [3.8, 4) is 11.5 Å². The van der Waals surface area contributed by atoms with Crippen molar-refractivity contribution in [3.63, 3.8) is 0 Å². The van der Waals surface area contributed by atoms with E-state index in [2.05, 4.69) is 25.7 Å². The van der Waals surface area contributed by atoms with Crippen molar-refractivity contribution < 1.29 is 9.21 Å².